The van der Waals surface area contributed by atoms with E-state index in [1.54, 1.807) is 24.3 Å². The molecule has 0 saturated carbocycles. The highest BCUT2D eigenvalue weighted by atomic mass is 35.5. The van der Waals surface area contributed by atoms with Crippen molar-refractivity contribution in [3.8, 4) is 39.6 Å². The van der Waals surface area contributed by atoms with E-state index in [-0.39, 0.29) is 60.9 Å². The van der Waals surface area contributed by atoms with Gasteiger partial charge in [-0.15, -0.1) is 36.2 Å². The van der Waals surface area contributed by atoms with Crippen LogP contribution < -0.4 is 27.3 Å². The number of nitriles is 2. The van der Waals surface area contributed by atoms with E-state index in [9.17, 15) is 20.1 Å². The number of carbonyl (C=O) groups excluding carboxylic acids is 2. The van der Waals surface area contributed by atoms with Crippen molar-refractivity contribution >= 4 is 77.2 Å². The highest BCUT2D eigenvalue weighted by Crippen LogP contribution is 2.37. The van der Waals surface area contributed by atoms with Gasteiger partial charge in [0.25, 0.3) is 0 Å². The fourth-order valence-electron chi connectivity index (χ4n) is 5.16. The lowest BCUT2D eigenvalue weighted by Crippen LogP contribution is -2.49. The van der Waals surface area contributed by atoms with Crippen molar-refractivity contribution in [3.63, 3.8) is 0 Å². The molecule has 54 heavy (non-hydrogen) atoms. The number of pyridine rings is 1. The largest absolute Gasteiger partial charge is 0.490 e. The standard InChI is InChI=1S/C37H41ClN8O4S2.2ClH/c1-22(2)17-31(45-34(47)30(42)5-3-4-14-39)37(48)50-16-15-49-27-12-8-23(9-13-27)32-28(18-40)33(43)46-36(29(32)19-41)52-21-26-20-51-35(44-26)24-6-10-25(38)11-7-24;;/h6-13,20,22,30-31H,3-5,14-17,21,39,42H2,1-2H3,(H2,43,46)(H,45,47);2*1H/t30-,31-;;/m0../s1. The van der Waals surface area contributed by atoms with Crippen LogP contribution in [0, 0.1) is 28.6 Å². The molecule has 2 atom stereocenters. The number of thiazole rings is 1. The summed E-state index contributed by atoms with van der Waals surface area (Å²) in [5.41, 5.74) is 20.8. The molecule has 0 bridgehead atoms. The maximum atomic E-state index is 12.9. The van der Waals surface area contributed by atoms with E-state index in [4.69, 9.17) is 43.3 Å². The van der Waals surface area contributed by atoms with Gasteiger partial charge in [0.15, 0.2) is 0 Å². The summed E-state index contributed by atoms with van der Waals surface area (Å²) in [7, 11) is 0. The monoisotopic (exact) mass is 832 g/mol. The Bertz CT molecular complexity index is 1920. The Kier molecular flexibility index (Phi) is 19.6. The number of thioether (sulfide) groups is 1. The van der Waals surface area contributed by atoms with Gasteiger partial charge in [0.05, 0.1) is 17.3 Å². The van der Waals surface area contributed by atoms with E-state index in [2.05, 4.69) is 22.4 Å². The number of amides is 1. The van der Waals surface area contributed by atoms with Crippen LogP contribution >= 0.6 is 59.5 Å². The van der Waals surface area contributed by atoms with Crippen LogP contribution in [0.2, 0.25) is 5.02 Å². The quantitative estimate of drug-likeness (QED) is 0.0458. The second kappa shape index (κ2) is 22.9. The number of hydrogen-bond donors (Lipinski definition) is 4. The van der Waals surface area contributed by atoms with Crippen LogP contribution in [0.5, 0.6) is 5.75 Å². The molecule has 0 unspecified atom stereocenters. The maximum Gasteiger partial charge on any atom is 0.328 e. The second-order valence-electron chi connectivity index (χ2n) is 12.2. The smallest absolute Gasteiger partial charge is 0.328 e. The summed E-state index contributed by atoms with van der Waals surface area (Å²) in [6, 6.07) is 17.0. The van der Waals surface area contributed by atoms with E-state index in [0.29, 0.717) is 52.1 Å². The molecule has 0 spiro atoms. The summed E-state index contributed by atoms with van der Waals surface area (Å²) in [5, 5.41) is 26.7. The van der Waals surface area contributed by atoms with Crippen LogP contribution in [0.15, 0.2) is 58.9 Å². The molecule has 0 fully saturated rings. The second-order valence-corrected chi connectivity index (χ2v) is 14.5. The minimum atomic E-state index is -0.833. The van der Waals surface area contributed by atoms with Gasteiger partial charge >= 0.3 is 5.97 Å². The predicted octanol–water partition coefficient (Wildman–Crippen LogP) is 6.90. The third-order valence-corrected chi connectivity index (χ3v) is 9.97. The zero-order valence-corrected chi connectivity index (χ0v) is 33.8. The Labute approximate surface area is 341 Å². The molecular weight excluding hydrogens is 791 g/mol. The Balaban J connectivity index is 0.00000504. The minimum absolute atomic E-state index is 0. The zero-order chi connectivity index (χ0) is 37.6. The highest BCUT2D eigenvalue weighted by molar-refractivity contribution is 7.98. The molecule has 2 heterocycles. The first-order chi connectivity index (χ1) is 25.0. The molecule has 4 rings (SSSR count). The van der Waals surface area contributed by atoms with Gasteiger partial charge in [0, 0.05) is 27.3 Å². The number of unbranched alkanes of at least 4 members (excludes halogenated alkanes) is 1. The average Bonchev–Trinajstić information content (AvgIpc) is 3.61. The number of benzene rings is 2. The summed E-state index contributed by atoms with van der Waals surface area (Å²) in [6.07, 6.45) is 2.36. The summed E-state index contributed by atoms with van der Waals surface area (Å²) in [6.45, 7) is 4.42. The predicted molar refractivity (Wildman–Crippen MR) is 219 cm³/mol. The lowest BCUT2D eigenvalue weighted by Gasteiger charge is -2.21. The first kappa shape index (κ1) is 46.0. The number of hydrogen-bond acceptors (Lipinski definition) is 13. The van der Waals surface area contributed by atoms with Crippen molar-refractivity contribution in [1.82, 2.24) is 15.3 Å². The third kappa shape index (κ3) is 13.0. The zero-order valence-electron chi connectivity index (χ0n) is 29.7. The molecule has 4 aromatic rings. The van der Waals surface area contributed by atoms with Crippen molar-refractivity contribution in [2.75, 3.05) is 25.5 Å². The lowest BCUT2D eigenvalue weighted by atomic mass is 9.97. The van der Waals surface area contributed by atoms with Crippen molar-refractivity contribution in [1.29, 1.82) is 10.5 Å². The van der Waals surface area contributed by atoms with E-state index < -0.39 is 24.0 Å². The van der Waals surface area contributed by atoms with Crippen molar-refractivity contribution in [2.24, 2.45) is 17.4 Å². The van der Waals surface area contributed by atoms with Gasteiger partial charge in [-0.25, -0.2) is 14.8 Å². The number of ether oxygens (including phenoxy) is 2. The average molecular weight is 834 g/mol. The molecule has 0 aliphatic heterocycles. The number of halogens is 3. The van der Waals surface area contributed by atoms with Gasteiger partial charge in [-0.2, -0.15) is 10.5 Å². The summed E-state index contributed by atoms with van der Waals surface area (Å²) in [5.74, 6) is 0.0811. The topological polar surface area (TPSA) is 216 Å². The van der Waals surface area contributed by atoms with Crippen LogP contribution in [0.1, 0.15) is 56.4 Å². The van der Waals surface area contributed by atoms with Crippen LogP contribution in [0.4, 0.5) is 5.82 Å². The third-order valence-electron chi connectivity index (χ3n) is 7.77. The number of nitrogen functional groups attached to an aromatic ring is 1. The molecule has 1 amide bonds. The molecule has 0 aliphatic rings. The number of aromatic nitrogens is 2. The van der Waals surface area contributed by atoms with E-state index in [1.165, 1.54) is 23.1 Å². The molecular formula is C37H43Cl3N8O4S2. The highest BCUT2D eigenvalue weighted by Gasteiger charge is 2.26. The van der Waals surface area contributed by atoms with E-state index in [0.717, 1.165) is 29.1 Å². The van der Waals surface area contributed by atoms with Crippen molar-refractivity contribution < 1.29 is 19.1 Å². The van der Waals surface area contributed by atoms with Crippen molar-refractivity contribution in [2.45, 2.75) is 62.4 Å². The molecule has 17 heteroatoms. The molecule has 0 aliphatic carbocycles. The van der Waals surface area contributed by atoms with Gasteiger partial charge < -0.3 is 32.0 Å². The number of nitrogens with one attached hydrogen (secondary N) is 1. The minimum Gasteiger partial charge on any atom is -0.490 e. The number of esters is 1. The van der Waals surface area contributed by atoms with Gasteiger partial charge in [-0.1, -0.05) is 67.9 Å². The molecule has 0 radical (unpaired) electrons. The lowest BCUT2D eigenvalue weighted by molar-refractivity contribution is -0.149. The maximum absolute atomic E-state index is 12.9. The molecule has 0 saturated heterocycles. The number of nitrogens with two attached hydrogens (primary N) is 3. The van der Waals surface area contributed by atoms with Gasteiger partial charge in [-0.3, -0.25) is 4.79 Å². The fourth-order valence-corrected chi connectivity index (χ4v) is 7.10. The van der Waals surface area contributed by atoms with Gasteiger partial charge in [0.2, 0.25) is 5.91 Å². The van der Waals surface area contributed by atoms with Crippen LogP contribution in [0.25, 0.3) is 21.7 Å². The molecule has 2 aromatic carbocycles. The van der Waals surface area contributed by atoms with Crippen LogP contribution in [-0.4, -0.2) is 53.7 Å². The summed E-state index contributed by atoms with van der Waals surface area (Å²) in [4.78, 5) is 34.6. The fraction of sp³-hybridized carbons (Fsp3) is 0.351. The Hall–Kier alpha value is -4.12. The molecule has 7 N–H and O–H groups in total. The Morgan fingerprint density at radius 3 is 2.28 bits per heavy atom. The SMILES string of the molecule is CC(C)C[C@H](NC(=O)[C@@H](N)CCCCN)C(=O)OCCOc1ccc(-c2c(C#N)c(N)nc(SCc3csc(-c4ccc(Cl)cc4)n3)c2C#N)cc1.Cl.Cl. The number of anilines is 1. The number of carbonyl (C=O) groups is 2. The van der Waals surface area contributed by atoms with E-state index in [1.807, 2.05) is 43.5 Å². The van der Waals surface area contributed by atoms with Gasteiger partial charge in [0.1, 0.15) is 58.6 Å². The first-order valence-corrected chi connectivity index (χ1v) is 18.9. The Morgan fingerprint density at radius 2 is 1.65 bits per heavy atom. The number of rotatable bonds is 18. The Morgan fingerprint density at radius 1 is 0.981 bits per heavy atom. The summed E-state index contributed by atoms with van der Waals surface area (Å²) < 4.78 is 11.2. The van der Waals surface area contributed by atoms with E-state index >= 15 is 0 Å². The number of nitrogens with zero attached hydrogens (tertiary/aromatic N) is 4. The van der Waals surface area contributed by atoms with Gasteiger partial charge in [-0.05, 0) is 61.6 Å². The molecule has 2 aromatic heterocycles. The first-order valence-electron chi connectivity index (χ1n) is 16.7. The normalized spacial score (nSPS) is 11.6. The van der Waals surface area contributed by atoms with Crippen LogP contribution in [-0.2, 0) is 20.1 Å². The van der Waals surface area contributed by atoms with Crippen molar-refractivity contribution in [3.05, 3.63) is 75.8 Å². The van der Waals surface area contributed by atoms with Crippen LogP contribution in [0.3, 0.4) is 0 Å². The summed E-state index contributed by atoms with van der Waals surface area (Å²) >= 11 is 8.83. The molecule has 288 valence electrons. The molecule has 12 nitrogen and oxygen atoms in total.